The van der Waals surface area contributed by atoms with Gasteiger partial charge in [-0.15, -0.1) is 0 Å². The van der Waals surface area contributed by atoms with Crippen LogP contribution in [-0.2, 0) is 0 Å². The van der Waals surface area contributed by atoms with Crippen molar-refractivity contribution in [3.8, 4) is 6.07 Å². The lowest BCUT2D eigenvalue weighted by Gasteiger charge is -1.86. The number of aliphatic hydroxyl groups excluding tert-OH is 1. The Morgan fingerprint density at radius 3 is 2.57 bits per heavy atom. The first-order valence-electron chi connectivity index (χ1n) is 1.95. The van der Waals surface area contributed by atoms with Crippen molar-refractivity contribution < 1.29 is 5.11 Å². The average Bonchev–Trinajstić information content (AvgIpc) is 1.68. The van der Waals surface area contributed by atoms with E-state index in [2.05, 4.69) is 6.58 Å². The molecule has 0 aliphatic rings. The van der Waals surface area contributed by atoms with Crippen LogP contribution in [0.2, 0.25) is 0 Å². The van der Waals surface area contributed by atoms with E-state index < -0.39 is 0 Å². The summed E-state index contributed by atoms with van der Waals surface area (Å²) in [6, 6.07) is 1.86. The van der Waals surface area contributed by atoms with Gasteiger partial charge in [0, 0.05) is 0 Å². The lowest BCUT2D eigenvalue weighted by Crippen LogP contribution is -1.84. The molecule has 7 heavy (non-hydrogen) atoms. The molecule has 0 saturated heterocycles. The minimum absolute atomic E-state index is 0.0758. The van der Waals surface area contributed by atoms with Crippen LogP contribution in [-0.4, -0.2) is 11.7 Å². The van der Waals surface area contributed by atoms with Crippen LogP contribution in [0.3, 0.4) is 0 Å². The molecule has 0 radical (unpaired) electrons. The number of hydrogen-bond acceptors (Lipinski definition) is 2. The van der Waals surface area contributed by atoms with Crippen molar-refractivity contribution in [2.45, 2.75) is 6.42 Å². The van der Waals surface area contributed by atoms with Crippen molar-refractivity contribution in [3.63, 3.8) is 0 Å². The highest BCUT2D eigenvalue weighted by atomic mass is 16.3. The zero-order valence-corrected chi connectivity index (χ0v) is 4.02. The van der Waals surface area contributed by atoms with Gasteiger partial charge >= 0.3 is 0 Å². The van der Waals surface area contributed by atoms with Gasteiger partial charge in [0.15, 0.2) is 0 Å². The van der Waals surface area contributed by atoms with E-state index in [1.54, 1.807) is 0 Å². The monoisotopic (exact) mass is 97.1 g/mol. The molecular formula is C5H7NO. The van der Waals surface area contributed by atoms with Gasteiger partial charge in [0.1, 0.15) is 0 Å². The molecule has 2 nitrogen and oxygen atoms in total. The summed E-state index contributed by atoms with van der Waals surface area (Å²) in [4.78, 5) is 0. The molecule has 0 bridgehead atoms. The van der Waals surface area contributed by atoms with Crippen LogP contribution in [0.1, 0.15) is 6.42 Å². The molecule has 1 N–H and O–H groups in total. The van der Waals surface area contributed by atoms with E-state index in [0.717, 1.165) is 0 Å². The van der Waals surface area contributed by atoms with E-state index in [4.69, 9.17) is 10.4 Å². The Bertz CT molecular complexity index is 101. The second kappa shape index (κ2) is 3.38. The van der Waals surface area contributed by atoms with Crippen molar-refractivity contribution in [1.29, 1.82) is 5.26 Å². The molecule has 0 saturated carbocycles. The van der Waals surface area contributed by atoms with Gasteiger partial charge in [-0.2, -0.15) is 5.26 Å². The highest BCUT2D eigenvalue weighted by Crippen LogP contribution is 1.90. The van der Waals surface area contributed by atoms with Gasteiger partial charge < -0.3 is 5.11 Å². The van der Waals surface area contributed by atoms with Crippen molar-refractivity contribution in [3.05, 3.63) is 12.2 Å². The zero-order chi connectivity index (χ0) is 5.70. The standard InChI is InChI=1S/C5H7NO/c1-5(4-7)2-3-6/h7H,1-2,4H2. The predicted octanol–water partition coefficient (Wildman–Crippen LogP) is 0.449. The second-order valence-corrected chi connectivity index (χ2v) is 1.24. The first-order chi connectivity index (χ1) is 3.31. The molecule has 38 valence electrons. The largest absolute Gasteiger partial charge is 0.392 e. The Labute approximate surface area is 42.7 Å². The van der Waals surface area contributed by atoms with Gasteiger partial charge in [-0.3, -0.25) is 0 Å². The third-order valence-corrected chi connectivity index (χ3v) is 0.553. The molecule has 0 fully saturated rings. The average molecular weight is 97.1 g/mol. The normalized spacial score (nSPS) is 7.43. The minimum atomic E-state index is -0.0758. The maximum atomic E-state index is 8.22. The number of nitriles is 1. The molecule has 0 unspecified atom stereocenters. The van der Waals surface area contributed by atoms with Gasteiger partial charge in [0.05, 0.1) is 19.1 Å². The van der Waals surface area contributed by atoms with Crippen LogP contribution < -0.4 is 0 Å². The van der Waals surface area contributed by atoms with Crippen LogP contribution in [0.5, 0.6) is 0 Å². The van der Waals surface area contributed by atoms with E-state index in [0.29, 0.717) is 5.57 Å². The molecule has 0 amide bonds. The molecule has 0 rings (SSSR count). The Morgan fingerprint density at radius 2 is 2.43 bits per heavy atom. The third-order valence-electron chi connectivity index (χ3n) is 0.553. The van der Waals surface area contributed by atoms with Crippen molar-refractivity contribution in [2.24, 2.45) is 0 Å². The second-order valence-electron chi connectivity index (χ2n) is 1.24. The van der Waals surface area contributed by atoms with Gasteiger partial charge in [0.2, 0.25) is 0 Å². The fourth-order valence-electron chi connectivity index (χ4n) is 0.168. The fourth-order valence-corrected chi connectivity index (χ4v) is 0.168. The highest BCUT2D eigenvalue weighted by Gasteiger charge is 1.84. The smallest absolute Gasteiger partial charge is 0.0666 e. The van der Waals surface area contributed by atoms with Crippen LogP contribution in [0, 0.1) is 11.3 Å². The number of aliphatic hydroxyl groups is 1. The van der Waals surface area contributed by atoms with E-state index in [-0.39, 0.29) is 13.0 Å². The number of nitrogens with zero attached hydrogens (tertiary/aromatic N) is 1. The maximum absolute atomic E-state index is 8.22. The highest BCUT2D eigenvalue weighted by molar-refractivity contribution is 5.01. The predicted molar refractivity (Wildman–Crippen MR) is 26.5 cm³/mol. The minimum Gasteiger partial charge on any atom is -0.392 e. The molecule has 0 heterocycles. The summed E-state index contributed by atoms with van der Waals surface area (Å²) < 4.78 is 0. The fraction of sp³-hybridized carbons (Fsp3) is 0.400. The molecule has 0 aromatic heterocycles. The van der Waals surface area contributed by atoms with E-state index >= 15 is 0 Å². The first-order valence-corrected chi connectivity index (χ1v) is 1.95. The molecule has 0 spiro atoms. The van der Waals surface area contributed by atoms with E-state index in [9.17, 15) is 0 Å². The van der Waals surface area contributed by atoms with E-state index in [1.807, 2.05) is 6.07 Å². The molecule has 0 aliphatic heterocycles. The maximum Gasteiger partial charge on any atom is 0.0666 e. The third kappa shape index (κ3) is 3.01. The Kier molecular flexibility index (Phi) is 2.99. The summed E-state index contributed by atoms with van der Waals surface area (Å²) >= 11 is 0. The first kappa shape index (κ1) is 6.19. The van der Waals surface area contributed by atoms with Crippen LogP contribution in [0.4, 0.5) is 0 Å². The van der Waals surface area contributed by atoms with Crippen molar-refractivity contribution in [1.82, 2.24) is 0 Å². The lowest BCUT2D eigenvalue weighted by molar-refractivity contribution is 0.330. The van der Waals surface area contributed by atoms with Crippen LogP contribution in [0.15, 0.2) is 12.2 Å². The zero-order valence-electron chi connectivity index (χ0n) is 4.02. The molecule has 0 aromatic carbocycles. The quantitative estimate of drug-likeness (QED) is 0.508. The summed E-state index contributed by atoms with van der Waals surface area (Å²) in [6.07, 6.45) is 0.260. The summed E-state index contributed by atoms with van der Waals surface area (Å²) in [5, 5.41) is 16.2. The van der Waals surface area contributed by atoms with Crippen molar-refractivity contribution >= 4 is 0 Å². The van der Waals surface area contributed by atoms with Crippen LogP contribution >= 0.6 is 0 Å². The van der Waals surface area contributed by atoms with Gasteiger partial charge in [-0.1, -0.05) is 6.58 Å². The SMILES string of the molecule is C=C(CO)CC#N. The Hall–Kier alpha value is -0.810. The van der Waals surface area contributed by atoms with Crippen LogP contribution in [0.25, 0.3) is 0 Å². The summed E-state index contributed by atoms with van der Waals surface area (Å²) in [7, 11) is 0. The van der Waals surface area contributed by atoms with Gasteiger partial charge in [0.25, 0.3) is 0 Å². The summed E-state index contributed by atoms with van der Waals surface area (Å²) in [5.74, 6) is 0. The van der Waals surface area contributed by atoms with Gasteiger partial charge in [-0.25, -0.2) is 0 Å². The lowest BCUT2D eigenvalue weighted by atomic mass is 10.2. The summed E-state index contributed by atoms with van der Waals surface area (Å²) in [6.45, 7) is 3.31. The molecule has 2 heteroatoms. The topological polar surface area (TPSA) is 44.0 Å². The number of rotatable bonds is 2. The van der Waals surface area contributed by atoms with Crippen molar-refractivity contribution in [2.75, 3.05) is 6.61 Å². The summed E-state index contributed by atoms with van der Waals surface area (Å²) in [5.41, 5.74) is 0.572. The molecular weight excluding hydrogens is 90.1 g/mol. The Balaban J connectivity index is 3.23. The van der Waals surface area contributed by atoms with Gasteiger partial charge in [-0.05, 0) is 5.57 Å². The number of hydrogen-bond donors (Lipinski definition) is 1. The molecule has 0 atom stereocenters. The molecule has 0 aliphatic carbocycles. The van der Waals surface area contributed by atoms with E-state index in [1.165, 1.54) is 0 Å². The Morgan fingerprint density at radius 1 is 1.86 bits per heavy atom. The molecule has 0 aromatic rings.